The number of hydrogen-bond acceptors (Lipinski definition) is 3. The smallest absolute Gasteiger partial charge is 0.168 e. The lowest BCUT2D eigenvalue weighted by Crippen LogP contribution is -2.31. The lowest BCUT2D eigenvalue weighted by Gasteiger charge is -2.28. The van der Waals surface area contributed by atoms with E-state index in [2.05, 4.69) is 130 Å². The minimum absolute atomic E-state index is 0.216. The Hall–Kier alpha value is -2.20. The van der Waals surface area contributed by atoms with E-state index >= 15 is 0 Å². The Kier molecular flexibility index (Phi) is 24.0. The van der Waals surface area contributed by atoms with E-state index in [4.69, 9.17) is 9.47 Å². The van der Waals surface area contributed by atoms with Gasteiger partial charge in [-0.25, -0.2) is 0 Å². The molecule has 1 aliphatic heterocycles. The van der Waals surface area contributed by atoms with Crippen LogP contribution in [0.25, 0.3) is 0 Å². The van der Waals surface area contributed by atoms with Crippen molar-refractivity contribution in [2.24, 2.45) is 0 Å². The standard InChI is InChI=1S/C38H61NO2/c1-5-7-9-11-13-14-15-16-17-18-19-20-21-22-23-24-25-27-29-31-34-38(33-30-28-26-12-10-8-6-2)40-36-37(41-38)32-35-39(3)4/h6-9,12-14,16-17,19-20,22-23,25-27,37H,5,10-11,15,18,21,24,28-36H2,1-4H3/b8-6-,9-7-,14-13-,17-16-,20-19-,23-22-,26-12-,27-25-/t37-,38?/m1/s1. The van der Waals surface area contributed by atoms with Crippen molar-refractivity contribution < 1.29 is 9.47 Å². The largest absolute Gasteiger partial charge is 0.347 e. The molecule has 1 fully saturated rings. The summed E-state index contributed by atoms with van der Waals surface area (Å²) in [6, 6.07) is 0. The highest BCUT2D eigenvalue weighted by atomic mass is 16.7. The molecule has 0 aliphatic carbocycles. The molecule has 41 heavy (non-hydrogen) atoms. The fourth-order valence-corrected chi connectivity index (χ4v) is 4.60. The molecule has 3 heteroatoms. The summed E-state index contributed by atoms with van der Waals surface area (Å²) in [4.78, 5) is 2.22. The van der Waals surface area contributed by atoms with Crippen LogP contribution in [0.4, 0.5) is 0 Å². The highest BCUT2D eigenvalue weighted by Crippen LogP contribution is 2.35. The minimum Gasteiger partial charge on any atom is -0.347 e. The summed E-state index contributed by atoms with van der Waals surface area (Å²) < 4.78 is 12.9. The summed E-state index contributed by atoms with van der Waals surface area (Å²) in [6.45, 7) is 6.00. The van der Waals surface area contributed by atoms with Crippen molar-refractivity contribution in [3.63, 3.8) is 0 Å². The third-order valence-electron chi connectivity index (χ3n) is 6.94. The molecule has 2 atom stereocenters. The number of rotatable bonds is 24. The van der Waals surface area contributed by atoms with Gasteiger partial charge in [0.2, 0.25) is 0 Å². The molecule has 1 saturated heterocycles. The third kappa shape index (κ3) is 22.1. The molecular formula is C38H61NO2. The highest BCUT2D eigenvalue weighted by Gasteiger charge is 2.40. The van der Waals surface area contributed by atoms with E-state index in [1.54, 1.807) is 0 Å². The third-order valence-corrected chi connectivity index (χ3v) is 6.94. The summed E-state index contributed by atoms with van der Waals surface area (Å²) in [5, 5.41) is 0. The van der Waals surface area contributed by atoms with Gasteiger partial charge in [-0.3, -0.25) is 0 Å². The van der Waals surface area contributed by atoms with Gasteiger partial charge in [0, 0.05) is 19.4 Å². The molecule has 0 aromatic heterocycles. The van der Waals surface area contributed by atoms with E-state index in [1.165, 1.54) is 0 Å². The van der Waals surface area contributed by atoms with E-state index < -0.39 is 5.79 Å². The van der Waals surface area contributed by atoms with E-state index in [9.17, 15) is 0 Å². The Morgan fingerprint density at radius 1 is 0.634 bits per heavy atom. The minimum atomic E-state index is -0.397. The van der Waals surface area contributed by atoms with Gasteiger partial charge in [-0.1, -0.05) is 104 Å². The molecular weight excluding hydrogens is 502 g/mol. The predicted octanol–water partition coefficient (Wildman–Crippen LogP) is 10.6. The molecule has 0 amide bonds. The zero-order valence-electron chi connectivity index (χ0n) is 26.9. The SMILES string of the molecule is C/C=C\C/C=C\CCCC1(CCC/C=C\C/C=C\C/C=C\C/C=C\C/C=C\C/C=C\CC)OC[C@@H](CCN(C)C)O1. The van der Waals surface area contributed by atoms with E-state index in [-0.39, 0.29) is 6.10 Å². The summed E-state index contributed by atoms with van der Waals surface area (Å²) >= 11 is 0. The molecule has 0 aromatic carbocycles. The maximum absolute atomic E-state index is 6.55. The van der Waals surface area contributed by atoms with Crippen molar-refractivity contribution >= 4 is 0 Å². The van der Waals surface area contributed by atoms with Gasteiger partial charge in [0.05, 0.1) is 12.7 Å². The van der Waals surface area contributed by atoms with Crippen molar-refractivity contribution in [3.05, 3.63) is 97.2 Å². The van der Waals surface area contributed by atoms with Gasteiger partial charge in [0.1, 0.15) is 0 Å². The molecule has 0 spiro atoms. The van der Waals surface area contributed by atoms with Crippen LogP contribution >= 0.6 is 0 Å². The number of unbranched alkanes of at least 4 members (excludes halogenated alkanes) is 2. The van der Waals surface area contributed by atoms with Gasteiger partial charge in [-0.05, 0) is 98.1 Å². The zero-order valence-corrected chi connectivity index (χ0v) is 26.9. The lowest BCUT2D eigenvalue weighted by atomic mass is 10.0. The van der Waals surface area contributed by atoms with Crippen molar-refractivity contribution in [2.45, 2.75) is 116 Å². The topological polar surface area (TPSA) is 21.7 Å². The summed E-state index contributed by atoms with van der Waals surface area (Å²) in [5.41, 5.74) is 0. The molecule has 1 heterocycles. The van der Waals surface area contributed by atoms with Gasteiger partial charge in [-0.15, -0.1) is 0 Å². The Labute approximate surface area is 254 Å². The maximum Gasteiger partial charge on any atom is 0.168 e. The lowest BCUT2D eigenvalue weighted by molar-refractivity contribution is -0.179. The molecule has 0 aromatic rings. The zero-order chi connectivity index (χ0) is 29.7. The number of hydrogen-bond donors (Lipinski definition) is 0. The van der Waals surface area contributed by atoms with Crippen molar-refractivity contribution in [3.8, 4) is 0 Å². The van der Waals surface area contributed by atoms with Crippen LogP contribution in [0.3, 0.4) is 0 Å². The van der Waals surface area contributed by atoms with Gasteiger partial charge in [0.15, 0.2) is 5.79 Å². The second kappa shape index (κ2) is 26.7. The molecule has 230 valence electrons. The van der Waals surface area contributed by atoms with E-state index in [0.717, 1.165) is 103 Å². The first-order chi connectivity index (χ1) is 20.1. The van der Waals surface area contributed by atoms with Crippen molar-refractivity contribution in [1.82, 2.24) is 4.90 Å². The Morgan fingerprint density at radius 3 is 1.51 bits per heavy atom. The quantitative estimate of drug-likeness (QED) is 0.0861. The Balaban J connectivity index is 2.25. The summed E-state index contributed by atoms with van der Waals surface area (Å²) in [7, 11) is 4.24. The van der Waals surface area contributed by atoms with Crippen LogP contribution in [-0.4, -0.2) is 44.0 Å². The van der Waals surface area contributed by atoms with Crippen molar-refractivity contribution in [2.75, 3.05) is 27.2 Å². The molecule has 0 saturated carbocycles. The molecule has 0 bridgehead atoms. The number of nitrogens with zero attached hydrogens (tertiary/aromatic N) is 1. The Morgan fingerprint density at radius 2 is 1.07 bits per heavy atom. The molecule has 0 N–H and O–H groups in total. The molecule has 0 radical (unpaired) electrons. The first-order valence-corrected chi connectivity index (χ1v) is 16.2. The first-order valence-electron chi connectivity index (χ1n) is 16.2. The fourth-order valence-electron chi connectivity index (χ4n) is 4.60. The van der Waals surface area contributed by atoms with Gasteiger partial charge in [-0.2, -0.15) is 0 Å². The van der Waals surface area contributed by atoms with Gasteiger partial charge in [0.25, 0.3) is 0 Å². The predicted molar refractivity (Wildman–Crippen MR) is 181 cm³/mol. The van der Waals surface area contributed by atoms with E-state index in [0.29, 0.717) is 0 Å². The Bertz CT molecular complexity index is 842. The fraction of sp³-hybridized carbons (Fsp3) is 0.579. The highest BCUT2D eigenvalue weighted by molar-refractivity contribution is 5.01. The van der Waals surface area contributed by atoms with Crippen LogP contribution in [0, 0.1) is 0 Å². The first kappa shape index (κ1) is 36.8. The average Bonchev–Trinajstić information content (AvgIpc) is 3.37. The molecule has 1 unspecified atom stereocenters. The van der Waals surface area contributed by atoms with Crippen LogP contribution in [-0.2, 0) is 9.47 Å². The molecule has 1 rings (SSSR count). The van der Waals surface area contributed by atoms with Gasteiger partial charge >= 0.3 is 0 Å². The maximum atomic E-state index is 6.55. The van der Waals surface area contributed by atoms with E-state index in [1.807, 2.05) is 0 Å². The van der Waals surface area contributed by atoms with Crippen LogP contribution in [0.15, 0.2) is 97.2 Å². The van der Waals surface area contributed by atoms with Crippen LogP contribution in [0.1, 0.15) is 104 Å². The average molecular weight is 564 g/mol. The monoisotopic (exact) mass is 563 g/mol. The van der Waals surface area contributed by atoms with Crippen LogP contribution in [0.5, 0.6) is 0 Å². The van der Waals surface area contributed by atoms with Crippen molar-refractivity contribution in [1.29, 1.82) is 0 Å². The molecule has 1 aliphatic rings. The molecule has 3 nitrogen and oxygen atoms in total. The van der Waals surface area contributed by atoms with Crippen LogP contribution in [0.2, 0.25) is 0 Å². The number of allylic oxidation sites excluding steroid dienone is 16. The normalized spacial score (nSPS) is 20.7. The second-order valence-corrected chi connectivity index (χ2v) is 11.0. The van der Waals surface area contributed by atoms with Crippen LogP contribution < -0.4 is 0 Å². The van der Waals surface area contributed by atoms with Gasteiger partial charge < -0.3 is 14.4 Å². The summed E-state index contributed by atoms with van der Waals surface area (Å²) in [6.07, 6.45) is 50.6. The summed E-state index contributed by atoms with van der Waals surface area (Å²) in [5.74, 6) is -0.397. The number of ether oxygens (including phenoxy) is 2. The second-order valence-electron chi connectivity index (χ2n) is 11.0.